The van der Waals surface area contributed by atoms with E-state index in [-0.39, 0.29) is 0 Å². The topological polar surface area (TPSA) is 45.5 Å². The fraction of sp³-hybridized carbons (Fsp3) is 0.690. The van der Waals surface area contributed by atoms with E-state index in [4.69, 9.17) is 0 Å². The normalized spacial score (nSPS) is 15.4. The van der Waals surface area contributed by atoms with E-state index in [1.54, 1.807) is 4.57 Å². The number of nitrogens with zero attached hydrogens (tertiary/aromatic N) is 2. The van der Waals surface area contributed by atoms with Crippen LogP contribution < -0.4 is 3.71 Å². The van der Waals surface area contributed by atoms with Gasteiger partial charge in [-0.15, -0.1) is 0 Å². The number of unbranched alkanes of at least 4 members (excludes halogenated alkanes) is 3. The van der Waals surface area contributed by atoms with Gasteiger partial charge in [0.15, 0.2) is 0 Å². The van der Waals surface area contributed by atoms with E-state index in [1.165, 1.54) is 93.2 Å². The molecule has 0 saturated heterocycles. The number of benzene rings is 1. The van der Waals surface area contributed by atoms with Crippen LogP contribution in [-0.2, 0) is 6.54 Å². The monoisotopic (exact) mass is 576 g/mol. The van der Waals surface area contributed by atoms with Crippen molar-refractivity contribution in [2.45, 2.75) is 117 Å². The van der Waals surface area contributed by atoms with E-state index in [2.05, 4.69) is 57.0 Å². The summed E-state index contributed by atoms with van der Waals surface area (Å²) in [4.78, 5) is 15.1. The summed E-state index contributed by atoms with van der Waals surface area (Å²) in [5.41, 5.74) is 2.21. The van der Waals surface area contributed by atoms with Gasteiger partial charge in [-0.25, -0.2) is 0 Å². The van der Waals surface area contributed by atoms with Crippen molar-refractivity contribution in [1.82, 2.24) is 9.47 Å². The van der Waals surface area contributed by atoms with Gasteiger partial charge in [-0.2, -0.15) is 0 Å². The molecule has 2 aromatic rings. The van der Waals surface area contributed by atoms with Crippen LogP contribution in [0.1, 0.15) is 97.0 Å². The molecule has 34 heavy (non-hydrogen) atoms. The molecule has 4 nitrogen and oxygen atoms in total. The Hall–Kier alpha value is -1.01. The average Bonchev–Trinajstić information content (AvgIpc) is 3.24. The zero-order valence-corrected chi connectivity index (χ0v) is 25.1. The molecule has 0 spiro atoms. The number of carbonyl (C=O) groups is 1. The van der Waals surface area contributed by atoms with Gasteiger partial charge in [0.1, 0.15) is 0 Å². The first-order chi connectivity index (χ1) is 16.5. The van der Waals surface area contributed by atoms with Gasteiger partial charge in [0, 0.05) is 0 Å². The van der Waals surface area contributed by atoms with Crippen LogP contribution in [0.15, 0.2) is 24.3 Å². The van der Waals surface area contributed by atoms with Crippen LogP contribution in [0.3, 0.4) is 0 Å². The summed E-state index contributed by atoms with van der Waals surface area (Å²) in [5, 5.41) is 11.5. The van der Waals surface area contributed by atoms with Crippen molar-refractivity contribution in [1.29, 1.82) is 0 Å². The second-order valence-corrected chi connectivity index (χ2v) is 23.9. The molecule has 0 amide bonds. The summed E-state index contributed by atoms with van der Waals surface area (Å²) in [5.74, 6) is 0. The second-order valence-electron chi connectivity index (χ2n) is 10.8. The van der Waals surface area contributed by atoms with Crippen molar-refractivity contribution >= 4 is 39.1 Å². The molecule has 1 saturated carbocycles. The van der Waals surface area contributed by atoms with E-state index in [0.717, 1.165) is 17.4 Å². The van der Waals surface area contributed by atoms with E-state index in [9.17, 15) is 9.90 Å². The van der Waals surface area contributed by atoms with Crippen LogP contribution in [0.5, 0.6) is 0 Å². The molecule has 1 aromatic heterocycles. The second kappa shape index (κ2) is 13.3. The van der Waals surface area contributed by atoms with Gasteiger partial charge in [-0.3, -0.25) is 0 Å². The predicted molar refractivity (Wildman–Crippen MR) is 148 cm³/mol. The molecule has 1 N–H and O–H groups in total. The molecule has 0 radical (unpaired) electrons. The Balaban J connectivity index is 2.01. The third-order valence-electron chi connectivity index (χ3n) is 8.26. The van der Waals surface area contributed by atoms with Gasteiger partial charge in [-0.05, 0) is 0 Å². The van der Waals surface area contributed by atoms with Gasteiger partial charge in [-0.1, -0.05) is 0 Å². The molecular weight excluding hydrogens is 527 g/mol. The molecule has 0 bridgehead atoms. The van der Waals surface area contributed by atoms with E-state index in [0.29, 0.717) is 6.04 Å². The van der Waals surface area contributed by atoms with Crippen LogP contribution in [0.2, 0.25) is 13.3 Å². The fourth-order valence-corrected chi connectivity index (χ4v) is 22.6. The molecule has 1 fully saturated rings. The molecule has 5 heteroatoms. The Morgan fingerprint density at radius 1 is 0.971 bits per heavy atom. The number of aromatic nitrogens is 1. The van der Waals surface area contributed by atoms with Crippen molar-refractivity contribution in [2.75, 3.05) is 7.05 Å². The molecule has 1 aromatic carbocycles. The summed E-state index contributed by atoms with van der Waals surface area (Å²) < 4.78 is 6.82. The Morgan fingerprint density at radius 3 is 2.09 bits per heavy atom. The first-order valence-electron chi connectivity index (χ1n) is 14.0. The Labute approximate surface area is 212 Å². The quantitative estimate of drug-likeness (QED) is 0.246. The standard InChI is InChI=1S/C17H21N2O2.3C4H9.Sn/c1-18(15-5-3-2-4-6-15)12-13-7-8-16-14(11-13)9-10-19(16)17(20)21;3*1-3-4-2;/h7-9,11,15H,2-6,12H2,1H3,(H,20,21);3*1,3-4H2,2H3;. The molecule has 190 valence electrons. The Kier molecular flexibility index (Phi) is 10.8. The Morgan fingerprint density at radius 2 is 1.56 bits per heavy atom. The maximum absolute atomic E-state index is 12.6. The summed E-state index contributed by atoms with van der Waals surface area (Å²) >= 11 is -2.89. The molecule has 3 rings (SSSR count). The van der Waals surface area contributed by atoms with Gasteiger partial charge < -0.3 is 0 Å². The van der Waals surface area contributed by atoms with E-state index in [1.807, 2.05) is 0 Å². The number of hydrogen-bond acceptors (Lipinski definition) is 2. The summed E-state index contributed by atoms with van der Waals surface area (Å²) in [6, 6.07) is 9.56. The van der Waals surface area contributed by atoms with E-state index < -0.39 is 24.5 Å². The first kappa shape index (κ1) is 27.6. The molecule has 0 aliphatic heterocycles. The van der Waals surface area contributed by atoms with Crippen LogP contribution >= 0.6 is 0 Å². The molecule has 1 aliphatic carbocycles. The van der Waals surface area contributed by atoms with E-state index >= 15 is 0 Å². The van der Waals surface area contributed by atoms with Gasteiger partial charge in [0.25, 0.3) is 0 Å². The van der Waals surface area contributed by atoms with Crippen LogP contribution in [0.25, 0.3) is 10.9 Å². The molecule has 0 atom stereocenters. The van der Waals surface area contributed by atoms with Crippen LogP contribution in [-0.4, -0.2) is 52.1 Å². The van der Waals surface area contributed by atoms with Gasteiger partial charge >= 0.3 is 213 Å². The summed E-state index contributed by atoms with van der Waals surface area (Å²) in [6.07, 6.45) is 13.2. The van der Waals surface area contributed by atoms with Crippen LogP contribution in [0.4, 0.5) is 4.79 Å². The molecule has 1 heterocycles. The third-order valence-corrected chi connectivity index (χ3v) is 23.6. The maximum atomic E-state index is 12.6. The molecule has 0 unspecified atom stereocenters. The van der Waals surface area contributed by atoms with Crippen molar-refractivity contribution in [3.8, 4) is 0 Å². The van der Waals surface area contributed by atoms with Crippen LogP contribution in [0, 0.1) is 0 Å². The number of carboxylic acid groups (broad SMARTS) is 1. The number of fused-ring (bicyclic) bond motifs is 1. The van der Waals surface area contributed by atoms with Crippen molar-refractivity contribution in [3.05, 3.63) is 29.8 Å². The van der Waals surface area contributed by atoms with Crippen molar-refractivity contribution in [2.24, 2.45) is 0 Å². The zero-order chi connectivity index (χ0) is 24.6. The SMILES string of the molecule is CCC[CH2][Sn]([CH2]CCC)([CH2]CCC)[c]1cc2cc(CN(C)C3CCCCC3)ccc2n1C(=O)O. The minimum atomic E-state index is -2.89. The zero-order valence-electron chi connectivity index (χ0n) is 22.2. The average molecular weight is 575 g/mol. The summed E-state index contributed by atoms with van der Waals surface area (Å²) in [6.45, 7) is 7.78. The number of hydrogen-bond donors (Lipinski definition) is 1. The van der Waals surface area contributed by atoms with Gasteiger partial charge in [0.2, 0.25) is 0 Å². The summed E-state index contributed by atoms with van der Waals surface area (Å²) in [7, 11) is 2.26. The number of rotatable bonds is 13. The first-order valence-corrected chi connectivity index (χ1v) is 21.5. The van der Waals surface area contributed by atoms with Gasteiger partial charge in [0.05, 0.1) is 0 Å². The predicted octanol–water partition coefficient (Wildman–Crippen LogP) is 7.99. The fourth-order valence-electron chi connectivity index (χ4n) is 6.20. The molecule has 1 aliphatic rings. The Bertz CT molecular complexity index is 894. The minimum absolute atomic E-state index is 0.685. The van der Waals surface area contributed by atoms with Crippen molar-refractivity contribution < 1.29 is 9.90 Å². The van der Waals surface area contributed by atoms with Crippen molar-refractivity contribution in [3.63, 3.8) is 0 Å². The third kappa shape index (κ3) is 6.60. The molecular formula is C29H48N2O2Sn.